The van der Waals surface area contributed by atoms with Gasteiger partial charge in [-0.25, -0.2) is 4.39 Å². The van der Waals surface area contributed by atoms with Crippen LogP contribution in [0.25, 0.3) is 0 Å². The lowest BCUT2D eigenvalue weighted by atomic mass is 10.2. The molecule has 1 atom stereocenters. The van der Waals surface area contributed by atoms with Crippen LogP contribution < -0.4 is 11.1 Å². The van der Waals surface area contributed by atoms with Crippen molar-refractivity contribution in [1.29, 1.82) is 0 Å². The van der Waals surface area contributed by atoms with Gasteiger partial charge in [-0.15, -0.1) is 12.4 Å². The summed E-state index contributed by atoms with van der Waals surface area (Å²) >= 11 is 3.19. The van der Waals surface area contributed by atoms with Crippen LogP contribution in [-0.4, -0.2) is 18.5 Å². The molecule has 1 aromatic carbocycles. The summed E-state index contributed by atoms with van der Waals surface area (Å²) in [7, 11) is 0. The van der Waals surface area contributed by atoms with Crippen LogP contribution in [0.15, 0.2) is 22.7 Å². The zero-order valence-corrected chi connectivity index (χ0v) is 11.8. The number of hydrogen-bond donors (Lipinski definition) is 2. The molecule has 17 heavy (non-hydrogen) atoms. The van der Waals surface area contributed by atoms with E-state index in [1.54, 1.807) is 6.07 Å². The van der Waals surface area contributed by atoms with Gasteiger partial charge in [-0.3, -0.25) is 4.79 Å². The average Bonchev–Trinajstić information content (AvgIpc) is 2.21. The Balaban J connectivity index is 0.00000256. The molecular formula is C11H15BrClFN2O. The molecule has 3 N–H and O–H groups in total. The third kappa shape index (κ3) is 5.48. The van der Waals surface area contributed by atoms with Crippen LogP contribution >= 0.6 is 28.3 Å². The van der Waals surface area contributed by atoms with E-state index in [1.807, 2.05) is 6.92 Å². The van der Waals surface area contributed by atoms with Crippen LogP contribution in [0.3, 0.4) is 0 Å². The number of benzene rings is 1. The van der Waals surface area contributed by atoms with Crippen LogP contribution in [0, 0.1) is 5.82 Å². The second-order valence-electron chi connectivity index (χ2n) is 3.65. The van der Waals surface area contributed by atoms with Crippen molar-refractivity contribution in [2.45, 2.75) is 19.4 Å². The fraction of sp³-hybridized carbons (Fsp3) is 0.364. The summed E-state index contributed by atoms with van der Waals surface area (Å²) in [6, 6.07) is 4.28. The van der Waals surface area contributed by atoms with Crippen LogP contribution in [0.5, 0.6) is 0 Å². The highest BCUT2D eigenvalue weighted by atomic mass is 79.9. The summed E-state index contributed by atoms with van der Waals surface area (Å²) in [5.74, 6) is -0.944. The fourth-order valence-corrected chi connectivity index (χ4v) is 1.54. The molecule has 1 aromatic rings. The van der Waals surface area contributed by atoms with E-state index >= 15 is 0 Å². The quantitative estimate of drug-likeness (QED) is 0.893. The number of halogens is 3. The molecule has 0 saturated carbocycles. The van der Waals surface area contributed by atoms with Crippen LogP contribution in [0.4, 0.5) is 4.39 Å². The van der Waals surface area contributed by atoms with Crippen molar-refractivity contribution < 1.29 is 9.18 Å². The third-order valence-electron chi connectivity index (χ3n) is 2.06. The van der Waals surface area contributed by atoms with E-state index in [1.165, 1.54) is 12.1 Å². The van der Waals surface area contributed by atoms with Crippen molar-refractivity contribution in [2.24, 2.45) is 5.73 Å². The minimum atomic E-state index is -0.526. The number of nitrogens with one attached hydrogen (secondary N) is 1. The first kappa shape index (κ1) is 16.4. The molecule has 0 aromatic heterocycles. The lowest BCUT2D eigenvalue weighted by molar-refractivity contribution is 0.0948. The van der Waals surface area contributed by atoms with E-state index in [0.717, 1.165) is 0 Å². The third-order valence-corrected chi connectivity index (χ3v) is 2.55. The molecule has 0 fully saturated rings. The van der Waals surface area contributed by atoms with Crippen molar-refractivity contribution >= 4 is 34.2 Å². The van der Waals surface area contributed by atoms with Gasteiger partial charge in [-0.05, 0) is 31.5 Å². The topological polar surface area (TPSA) is 55.1 Å². The molecule has 1 unspecified atom stereocenters. The van der Waals surface area contributed by atoms with E-state index < -0.39 is 11.7 Å². The molecule has 0 spiro atoms. The number of hydrogen-bond acceptors (Lipinski definition) is 2. The molecule has 0 aliphatic heterocycles. The second-order valence-corrected chi connectivity index (χ2v) is 4.56. The Morgan fingerprint density at radius 3 is 2.82 bits per heavy atom. The number of carbonyl (C=O) groups is 1. The Hall–Kier alpha value is -0.650. The maximum Gasteiger partial charge on any atom is 0.254 e. The minimum Gasteiger partial charge on any atom is -0.352 e. The van der Waals surface area contributed by atoms with Gasteiger partial charge < -0.3 is 11.1 Å². The number of nitrogens with two attached hydrogens (primary N) is 1. The molecule has 0 saturated heterocycles. The summed E-state index contributed by atoms with van der Waals surface area (Å²) in [5.41, 5.74) is 5.58. The molecule has 0 aliphatic rings. The molecule has 0 radical (unpaired) electrons. The Labute approximate surface area is 114 Å². The molecule has 1 rings (SSSR count). The SMILES string of the molecule is CC(N)CCNC(=O)c1cc(Br)ccc1F.Cl. The lowest BCUT2D eigenvalue weighted by Crippen LogP contribution is -2.29. The maximum atomic E-state index is 13.3. The molecule has 3 nitrogen and oxygen atoms in total. The maximum absolute atomic E-state index is 13.3. The Morgan fingerprint density at radius 1 is 1.59 bits per heavy atom. The smallest absolute Gasteiger partial charge is 0.254 e. The lowest BCUT2D eigenvalue weighted by Gasteiger charge is -2.08. The highest BCUT2D eigenvalue weighted by Gasteiger charge is 2.11. The first-order chi connectivity index (χ1) is 7.50. The largest absolute Gasteiger partial charge is 0.352 e. The van der Waals surface area contributed by atoms with Gasteiger partial charge in [0.05, 0.1) is 5.56 Å². The molecule has 0 heterocycles. The van der Waals surface area contributed by atoms with Gasteiger partial charge in [0.2, 0.25) is 0 Å². The molecule has 6 heteroatoms. The summed E-state index contributed by atoms with van der Waals surface area (Å²) < 4.78 is 14.0. The molecule has 96 valence electrons. The van der Waals surface area contributed by atoms with Crippen molar-refractivity contribution in [3.05, 3.63) is 34.1 Å². The first-order valence-corrected chi connectivity index (χ1v) is 5.79. The van der Waals surface area contributed by atoms with Gasteiger partial charge in [0.1, 0.15) is 5.82 Å². The van der Waals surface area contributed by atoms with E-state index in [0.29, 0.717) is 17.4 Å². The standard InChI is InChI=1S/C11H14BrFN2O.ClH/c1-7(14)4-5-15-11(16)9-6-8(12)2-3-10(9)13;/h2-3,6-7H,4-5,14H2,1H3,(H,15,16);1H. The predicted octanol–water partition coefficient (Wildman–Crippen LogP) is 2.48. The zero-order valence-electron chi connectivity index (χ0n) is 9.37. The molecular weight excluding hydrogens is 310 g/mol. The predicted molar refractivity (Wildman–Crippen MR) is 71.9 cm³/mol. The van der Waals surface area contributed by atoms with E-state index in [4.69, 9.17) is 5.73 Å². The van der Waals surface area contributed by atoms with Crippen LogP contribution in [-0.2, 0) is 0 Å². The summed E-state index contributed by atoms with van der Waals surface area (Å²) in [5, 5.41) is 2.62. The van der Waals surface area contributed by atoms with E-state index in [9.17, 15) is 9.18 Å². The Kier molecular flexibility index (Phi) is 7.34. The highest BCUT2D eigenvalue weighted by Crippen LogP contribution is 2.15. The summed E-state index contributed by atoms with van der Waals surface area (Å²) in [6.07, 6.45) is 0.668. The number of carbonyl (C=O) groups excluding carboxylic acids is 1. The Bertz CT molecular complexity index is 388. The van der Waals surface area contributed by atoms with Crippen LogP contribution in [0.1, 0.15) is 23.7 Å². The monoisotopic (exact) mass is 324 g/mol. The van der Waals surface area contributed by atoms with E-state index in [2.05, 4.69) is 21.2 Å². The molecule has 1 amide bonds. The van der Waals surface area contributed by atoms with Crippen molar-refractivity contribution in [3.63, 3.8) is 0 Å². The van der Waals surface area contributed by atoms with Crippen molar-refractivity contribution in [1.82, 2.24) is 5.32 Å². The van der Waals surface area contributed by atoms with Gasteiger partial charge in [-0.1, -0.05) is 15.9 Å². The first-order valence-electron chi connectivity index (χ1n) is 4.99. The number of amides is 1. The average molecular weight is 326 g/mol. The van der Waals surface area contributed by atoms with Gasteiger partial charge >= 0.3 is 0 Å². The minimum absolute atomic E-state index is 0. The highest BCUT2D eigenvalue weighted by molar-refractivity contribution is 9.10. The van der Waals surface area contributed by atoms with Crippen molar-refractivity contribution in [3.8, 4) is 0 Å². The van der Waals surface area contributed by atoms with Gasteiger partial charge in [0, 0.05) is 17.1 Å². The normalized spacial score (nSPS) is 11.5. The molecule has 0 aliphatic carbocycles. The second kappa shape index (κ2) is 7.63. The van der Waals surface area contributed by atoms with Crippen LogP contribution in [0.2, 0.25) is 0 Å². The van der Waals surface area contributed by atoms with E-state index in [-0.39, 0.29) is 24.0 Å². The fourth-order valence-electron chi connectivity index (χ4n) is 1.18. The zero-order chi connectivity index (χ0) is 12.1. The van der Waals surface area contributed by atoms with Gasteiger partial charge in [-0.2, -0.15) is 0 Å². The van der Waals surface area contributed by atoms with Gasteiger partial charge in [0.25, 0.3) is 5.91 Å². The van der Waals surface area contributed by atoms with Gasteiger partial charge in [0.15, 0.2) is 0 Å². The molecule has 0 bridgehead atoms. The van der Waals surface area contributed by atoms with Crippen molar-refractivity contribution in [2.75, 3.05) is 6.54 Å². The summed E-state index contributed by atoms with van der Waals surface area (Å²) in [4.78, 5) is 11.6. The number of rotatable bonds is 4. The summed E-state index contributed by atoms with van der Waals surface area (Å²) in [6.45, 7) is 2.30. The Morgan fingerprint density at radius 2 is 2.24 bits per heavy atom.